The van der Waals surface area contributed by atoms with Crippen LogP contribution in [0, 0.1) is 11.6 Å². The molecule has 104 valence electrons. The molecule has 0 amide bonds. The Kier molecular flexibility index (Phi) is 4.39. The smallest absolute Gasteiger partial charge is 0.200 e. The molecule has 0 atom stereocenters. The molecule has 20 heavy (non-hydrogen) atoms. The first-order valence-corrected chi connectivity index (χ1v) is 7.01. The van der Waals surface area contributed by atoms with E-state index in [-0.39, 0.29) is 11.3 Å². The van der Waals surface area contributed by atoms with Gasteiger partial charge in [0.1, 0.15) is 17.4 Å². The van der Waals surface area contributed by atoms with Crippen LogP contribution in [0.1, 0.15) is 15.9 Å². The van der Waals surface area contributed by atoms with Crippen molar-refractivity contribution in [3.8, 4) is 5.75 Å². The summed E-state index contributed by atoms with van der Waals surface area (Å²) in [5.74, 6) is -2.49. The highest BCUT2D eigenvalue weighted by atomic mass is 32.2. The van der Waals surface area contributed by atoms with Gasteiger partial charge in [0.15, 0.2) is 5.78 Å². The third-order valence-electron chi connectivity index (χ3n) is 2.83. The van der Waals surface area contributed by atoms with Crippen LogP contribution in [0.4, 0.5) is 8.78 Å². The van der Waals surface area contributed by atoms with Gasteiger partial charge in [0.05, 0.1) is 12.7 Å². The largest absolute Gasteiger partial charge is 0.497 e. The molecule has 2 rings (SSSR count). The lowest BCUT2D eigenvalue weighted by Gasteiger charge is -2.09. The summed E-state index contributed by atoms with van der Waals surface area (Å²) in [5, 5.41) is 0. The molecule has 0 heterocycles. The van der Waals surface area contributed by atoms with E-state index < -0.39 is 23.0 Å². The number of rotatable bonds is 4. The van der Waals surface area contributed by atoms with Crippen molar-refractivity contribution in [3.63, 3.8) is 0 Å². The number of ketones is 1. The zero-order valence-corrected chi connectivity index (χ0v) is 11.8. The van der Waals surface area contributed by atoms with Gasteiger partial charge in [0, 0.05) is 22.6 Å². The van der Waals surface area contributed by atoms with Crippen LogP contribution in [0.5, 0.6) is 5.75 Å². The molecule has 0 aliphatic heterocycles. The number of carbonyl (C=O) groups excluding carboxylic acids is 1. The van der Waals surface area contributed by atoms with Crippen molar-refractivity contribution in [2.45, 2.75) is 4.90 Å². The predicted molar refractivity (Wildman–Crippen MR) is 74.6 cm³/mol. The summed E-state index contributed by atoms with van der Waals surface area (Å²) in [7, 11) is 1.30. The number of halogens is 2. The number of methoxy groups -OCH3 is 1. The predicted octanol–water partition coefficient (Wildman–Crippen LogP) is 3.93. The van der Waals surface area contributed by atoms with E-state index in [0.717, 1.165) is 12.1 Å². The second-order valence-corrected chi connectivity index (χ2v) is 4.84. The average Bonchev–Trinajstić information content (AvgIpc) is 2.46. The van der Waals surface area contributed by atoms with E-state index in [4.69, 9.17) is 4.74 Å². The maximum Gasteiger partial charge on any atom is 0.200 e. The second kappa shape index (κ2) is 6.05. The Bertz CT molecular complexity index is 633. The van der Waals surface area contributed by atoms with Gasteiger partial charge < -0.3 is 4.74 Å². The van der Waals surface area contributed by atoms with Crippen LogP contribution in [0.15, 0.2) is 41.3 Å². The van der Waals surface area contributed by atoms with Crippen molar-refractivity contribution in [1.29, 1.82) is 0 Å². The van der Waals surface area contributed by atoms with Crippen molar-refractivity contribution in [3.05, 3.63) is 59.2 Å². The first kappa shape index (κ1) is 14.5. The fraction of sp³-hybridized carbons (Fsp3) is 0.133. The van der Waals surface area contributed by atoms with Crippen molar-refractivity contribution >= 4 is 17.5 Å². The van der Waals surface area contributed by atoms with Gasteiger partial charge in [-0.15, -0.1) is 11.8 Å². The number of carbonyl (C=O) groups is 1. The summed E-state index contributed by atoms with van der Waals surface area (Å²) < 4.78 is 32.6. The van der Waals surface area contributed by atoms with Crippen LogP contribution in [-0.4, -0.2) is 19.1 Å². The number of ether oxygens (including phenoxy) is 1. The Morgan fingerprint density at radius 1 is 1.15 bits per heavy atom. The Labute approximate surface area is 119 Å². The van der Waals surface area contributed by atoms with Gasteiger partial charge in [-0.3, -0.25) is 4.79 Å². The van der Waals surface area contributed by atoms with Crippen molar-refractivity contribution < 1.29 is 18.3 Å². The molecule has 0 fully saturated rings. The maximum absolute atomic E-state index is 13.9. The molecular weight excluding hydrogens is 282 g/mol. The molecule has 0 N–H and O–H groups in total. The third kappa shape index (κ3) is 2.67. The van der Waals surface area contributed by atoms with Crippen LogP contribution >= 0.6 is 11.8 Å². The molecule has 0 saturated heterocycles. The average molecular weight is 294 g/mol. The minimum Gasteiger partial charge on any atom is -0.497 e. The molecule has 0 aliphatic rings. The van der Waals surface area contributed by atoms with Gasteiger partial charge in [-0.1, -0.05) is 12.1 Å². The van der Waals surface area contributed by atoms with E-state index in [1.54, 1.807) is 30.5 Å². The van der Waals surface area contributed by atoms with E-state index in [9.17, 15) is 13.6 Å². The number of benzene rings is 2. The van der Waals surface area contributed by atoms with Crippen LogP contribution in [0.2, 0.25) is 0 Å². The Morgan fingerprint density at radius 3 is 2.30 bits per heavy atom. The summed E-state index contributed by atoms with van der Waals surface area (Å²) in [6.45, 7) is 0. The van der Waals surface area contributed by atoms with E-state index in [0.29, 0.717) is 4.90 Å². The van der Waals surface area contributed by atoms with E-state index in [1.807, 2.05) is 0 Å². The van der Waals surface area contributed by atoms with Crippen molar-refractivity contribution in [1.82, 2.24) is 0 Å². The summed E-state index contributed by atoms with van der Waals surface area (Å²) in [4.78, 5) is 13.0. The molecule has 0 aliphatic carbocycles. The van der Waals surface area contributed by atoms with Crippen LogP contribution in [0.3, 0.4) is 0 Å². The highest BCUT2D eigenvalue weighted by Crippen LogP contribution is 2.27. The van der Waals surface area contributed by atoms with Gasteiger partial charge in [-0.05, 0) is 18.4 Å². The van der Waals surface area contributed by atoms with Gasteiger partial charge in [0.25, 0.3) is 0 Å². The molecule has 5 heteroatoms. The standard InChI is InChI=1S/C15H12F2O2S/c1-19-9-7-11(16)14(12(17)8-9)15(18)10-5-3-4-6-13(10)20-2/h3-8H,1-2H3. The van der Waals surface area contributed by atoms with E-state index >= 15 is 0 Å². The van der Waals surface area contributed by atoms with E-state index in [2.05, 4.69) is 0 Å². The molecule has 0 bridgehead atoms. The monoisotopic (exact) mass is 294 g/mol. The summed E-state index contributed by atoms with van der Waals surface area (Å²) >= 11 is 1.35. The topological polar surface area (TPSA) is 26.3 Å². The molecular formula is C15H12F2O2S. The SMILES string of the molecule is COc1cc(F)c(C(=O)c2ccccc2SC)c(F)c1. The molecule has 2 nitrogen and oxygen atoms in total. The Balaban J connectivity index is 2.54. The summed E-state index contributed by atoms with van der Waals surface area (Å²) in [6.07, 6.45) is 1.80. The number of hydrogen-bond acceptors (Lipinski definition) is 3. The molecule has 0 saturated carbocycles. The first-order chi connectivity index (χ1) is 9.58. The lowest BCUT2D eigenvalue weighted by Crippen LogP contribution is -2.09. The second-order valence-electron chi connectivity index (χ2n) is 4.00. The molecule has 2 aromatic carbocycles. The van der Waals surface area contributed by atoms with Crippen LogP contribution < -0.4 is 4.74 Å². The van der Waals surface area contributed by atoms with Crippen LogP contribution in [-0.2, 0) is 0 Å². The molecule has 0 radical (unpaired) electrons. The van der Waals surface area contributed by atoms with E-state index in [1.165, 1.54) is 18.9 Å². The maximum atomic E-state index is 13.9. The number of thioether (sulfide) groups is 1. The van der Waals surface area contributed by atoms with Gasteiger partial charge in [0.2, 0.25) is 0 Å². The number of hydrogen-bond donors (Lipinski definition) is 0. The quantitative estimate of drug-likeness (QED) is 0.631. The molecule has 0 spiro atoms. The zero-order valence-electron chi connectivity index (χ0n) is 10.9. The highest BCUT2D eigenvalue weighted by Gasteiger charge is 2.22. The minimum absolute atomic E-state index is 0.0368. The molecule has 0 aromatic heterocycles. The Hall–Kier alpha value is -1.88. The zero-order chi connectivity index (χ0) is 14.7. The van der Waals surface area contributed by atoms with Crippen LogP contribution in [0.25, 0.3) is 0 Å². The van der Waals surface area contributed by atoms with Crippen molar-refractivity contribution in [2.24, 2.45) is 0 Å². The van der Waals surface area contributed by atoms with Gasteiger partial charge in [-0.25, -0.2) is 8.78 Å². The highest BCUT2D eigenvalue weighted by molar-refractivity contribution is 7.98. The third-order valence-corrected chi connectivity index (χ3v) is 3.63. The van der Waals surface area contributed by atoms with Gasteiger partial charge >= 0.3 is 0 Å². The Morgan fingerprint density at radius 2 is 1.75 bits per heavy atom. The first-order valence-electron chi connectivity index (χ1n) is 5.79. The minimum atomic E-state index is -0.928. The lowest BCUT2D eigenvalue weighted by molar-refractivity contribution is 0.102. The van der Waals surface area contributed by atoms with Gasteiger partial charge in [-0.2, -0.15) is 0 Å². The fourth-order valence-corrected chi connectivity index (χ4v) is 2.45. The summed E-state index contributed by atoms with van der Waals surface area (Å²) in [5.41, 5.74) is -0.282. The lowest BCUT2D eigenvalue weighted by atomic mass is 10.0. The molecule has 0 unspecified atom stereocenters. The fourth-order valence-electron chi connectivity index (χ4n) is 1.85. The summed E-state index contributed by atoms with van der Waals surface area (Å²) in [6, 6.07) is 8.71. The molecule has 2 aromatic rings. The van der Waals surface area contributed by atoms with Crippen molar-refractivity contribution in [2.75, 3.05) is 13.4 Å². The normalized spacial score (nSPS) is 10.4.